The van der Waals surface area contributed by atoms with Crippen LogP contribution in [-0.2, 0) is 40.3 Å². The molecule has 0 aromatic heterocycles. The summed E-state index contributed by atoms with van der Waals surface area (Å²) < 4.78 is 10.7. The van der Waals surface area contributed by atoms with E-state index in [2.05, 4.69) is 16.0 Å². The van der Waals surface area contributed by atoms with Crippen LogP contribution in [0, 0.1) is 0 Å². The smallest absolute Gasteiger partial charge is 0.407 e. The van der Waals surface area contributed by atoms with Crippen molar-refractivity contribution in [2.24, 2.45) is 5.73 Å². The van der Waals surface area contributed by atoms with Gasteiger partial charge in [-0.05, 0) is 68.5 Å². The second kappa shape index (κ2) is 15.6. The van der Waals surface area contributed by atoms with Gasteiger partial charge in [-0.2, -0.15) is 0 Å². The zero-order chi connectivity index (χ0) is 30.5. The molecule has 3 aromatic carbocycles. The van der Waals surface area contributed by atoms with Gasteiger partial charge in [0, 0.05) is 19.5 Å². The van der Waals surface area contributed by atoms with E-state index in [9.17, 15) is 14.4 Å². The van der Waals surface area contributed by atoms with Crippen LogP contribution < -0.4 is 26.4 Å². The molecule has 9 nitrogen and oxygen atoms in total. The van der Waals surface area contributed by atoms with Crippen LogP contribution in [0.5, 0.6) is 5.75 Å². The number of nitrogens with two attached hydrogens (primary N) is 1. The predicted octanol–water partition coefficient (Wildman–Crippen LogP) is 4.02. The van der Waals surface area contributed by atoms with Crippen molar-refractivity contribution in [3.05, 3.63) is 101 Å². The third-order valence-corrected chi connectivity index (χ3v) is 6.27. The quantitative estimate of drug-likeness (QED) is 0.244. The van der Waals surface area contributed by atoms with Crippen LogP contribution in [0.15, 0.2) is 78.9 Å². The molecule has 0 aliphatic carbocycles. The lowest BCUT2D eigenvalue weighted by Gasteiger charge is -2.21. The number of carbonyl (C=O) groups is 3. The molecule has 0 spiro atoms. The van der Waals surface area contributed by atoms with Crippen molar-refractivity contribution in [3.8, 4) is 5.75 Å². The number of rotatable bonds is 13. The maximum absolute atomic E-state index is 13.3. The highest BCUT2D eigenvalue weighted by molar-refractivity contribution is 5.90. The molecular weight excluding hydrogens is 532 g/mol. The predicted molar refractivity (Wildman–Crippen MR) is 163 cm³/mol. The Morgan fingerprint density at radius 1 is 0.738 bits per heavy atom. The summed E-state index contributed by atoms with van der Waals surface area (Å²) in [6.45, 7) is 8.52. The number of benzene rings is 3. The molecule has 3 amide bonds. The van der Waals surface area contributed by atoms with Gasteiger partial charge < -0.3 is 31.2 Å². The average molecular weight is 575 g/mol. The third kappa shape index (κ3) is 11.2. The number of carbonyl (C=O) groups excluding carboxylic acids is 3. The van der Waals surface area contributed by atoms with E-state index in [4.69, 9.17) is 15.2 Å². The van der Waals surface area contributed by atoms with Crippen LogP contribution in [0.1, 0.15) is 49.9 Å². The highest BCUT2D eigenvalue weighted by Crippen LogP contribution is 2.14. The maximum atomic E-state index is 13.3. The fraction of sp³-hybridized carbons (Fsp3) is 0.364. The Bertz CT molecular complexity index is 1290. The Kier molecular flexibility index (Phi) is 11.9. The number of amides is 3. The molecule has 0 fully saturated rings. The average Bonchev–Trinajstić information content (AvgIpc) is 2.95. The fourth-order valence-corrected chi connectivity index (χ4v) is 4.15. The van der Waals surface area contributed by atoms with Gasteiger partial charge in [0.05, 0.1) is 12.6 Å². The fourth-order valence-electron chi connectivity index (χ4n) is 4.15. The van der Waals surface area contributed by atoms with Crippen LogP contribution >= 0.6 is 0 Å². The van der Waals surface area contributed by atoms with E-state index in [0.29, 0.717) is 26.0 Å². The second-order valence-electron chi connectivity index (χ2n) is 11.0. The molecule has 2 unspecified atom stereocenters. The molecule has 42 heavy (non-hydrogen) atoms. The van der Waals surface area contributed by atoms with Crippen molar-refractivity contribution < 1.29 is 23.9 Å². The molecule has 0 aliphatic heterocycles. The van der Waals surface area contributed by atoms with Gasteiger partial charge >= 0.3 is 6.09 Å². The lowest BCUT2D eigenvalue weighted by atomic mass is 10.0. The first-order valence-corrected chi connectivity index (χ1v) is 14.2. The monoisotopic (exact) mass is 574 g/mol. The standard InChI is InChI=1S/C33H42N4O5/c1-5-41-27-17-15-24(16-18-27)19-28(34)30(38)37-29(20-23-9-7-6-8-10-23)31(39)35-21-25-11-13-26(14-12-25)22-36-32(40)42-33(2,3)4/h6-18,28-29H,5,19-22,34H2,1-4H3,(H,35,39)(H,36,40)(H,37,38). The molecule has 0 bridgehead atoms. The van der Waals surface area contributed by atoms with Gasteiger partial charge in [0.2, 0.25) is 11.8 Å². The summed E-state index contributed by atoms with van der Waals surface area (Å²) in [6.07, 6.45) is 0.167. The Morgan fingerprint density at radius 2 is 1.29 bits per heavy atom. The molecule has 0 heterocycles. The largest absolute Gasteiger partial charge is 0.494 e. The molecule has 3 aromatic rings. The summed E-state index contributed by atoms with van der Waals surface area (Å²) >= 11 is 0. The minimum atomic E-state index is -0.823. The van der Waals surface area contributed by atoms with Gasteiger partial charge in [0.1, 0.15) is 17.4 Å². The van der Waals surface area contributed by atoms with E-state index in [1.165, 1.54) is 0 Å². The first-order chi connectivity index (χ1) is 20.0. The highest BCUT2D eigenvalue weighted by Gasteiger charge is 2.24. The zero-order valence-corrected chi connectivity index (χ0v) is 24.8. The molecule has 0 radical (unpaired) electrons. The van der Waals surface area contributed by atoms with Crippen LogP contribution in [0.4, 0.5) is 4.79 Å². The SMILES string of the molecule is CCOc1ccc(CC(N)C(=O)NC(Cc2ccccc2)C(=O)NCc2ccc(CNC(=O)OC(C)(C)C)cc2)cc1. The molecular formula is C33H42N4O5. The maximum Gasteiger partial charge on any atom is 0.407 e. The van der Waals surface area contributed by atoms with Crippen LogP contribution in [0.3, 0.4) is 0 Å². The molecule has 224 valence electrons. The summed E-state index contributed by atoms with van der Waals surface area (Å²) in [4.78, 5) is 38.2. The van der Waals surface area contributed by atoms with E-state index in [1.54, 1.807) is 0 Å². The number of ether oxygens (including phenoxy) is 2. The molecule has 9 heteroatoms. The van der Waals surface area contributed by atoms with Gasteiger partial charge in [0.25, 0.3) is 0 Å². The lowest BCUT2D eigenvalue weighted by Crippen LogP contribution is -2.52. The summed E-state index contributed by atoms with van der Waals surface area (Å²) in [5.74, 6) is 0.0453. The summed E-state index contributed by atoms with van der Waals surface area (Å²) in [5.41, 5.74) is 9.25. The number of alkyl carbamates (subject to hydrolysis) is 1. The van der Waals surface area contributed by atoms with Crippen LogP contribution in [0.25, 0.3) is 0 Å². The van der Waals surface area contributed by atoms with Crippen molar-refractivity contribution in [3.63, 3.8) is 0 Å². The van der Waals surface area contributed by atoms with E-state index >= 15 is 0 Å². The van der Waals surface area contributed by atoms with Gasteiger partial charge in [0.15, 0.2) is 0 Å². The van der Waals surface area contributed by atoms with Gasteiger partial charge in [-0.1, -0.05) is 66.7 Å². The topological polar surface area (TPSA) is 132 Å². The number of hydrogen-bond donors (Lipinski definition) is 4. The molecule has 0 saturated heterocycles. The highest BCUT2D eigenvalue weighted by atomic mass is 16.6. The second-order valence-corrected chi connectivity index (χ2v) is 11.0. The minimum Gasteiger partial charge on any atom is -0.494 e. The molecule has 0 saturated carbocycles. The normalized spacial score (nSPS) is 12.5. The van der Waals surface area contributed by atoms with Gasteiger partial charge in [-0.15, -0.1) is 0 Å². The summed E-state index contributed by atoms with van der Waals surface area (Å²) in [7, 11) is 0. The van der Waals surface area contributed by atoms with Crippen LogP contribution in [0.2, 0.25) is 0 Å². The van der Waals surface area contributed by atoms with E-state index < -0.39 is 29.7 Å². The summed E-state index contributed by atoms with van der Waals surface area (Å²) in [5, 5.41) is 8.51. The minimum absolute atomic E-state index is 0.276. The Morgan fingerprint density at radius 3 is 1.86 bits per heavy atom. The molecule has 0 aliphatic rings. The van der Waals surface area contributed by atoms with Crippen molar-refractivity contribution in [1.29, 1.82) is 0 Å². The Hall–Kier alpha value is -4.37. The molecule has 5 N–H and O–H groups in total. The van der Waals surface area contributed by atoms with Crippen molar-refractivity contribution in [2.45, 2.75) is 71.3 Å². The van der Waals surface area contributed by atoms with Crippen molar-refractivity contribution in [2.75, 3.05) is 6.61 Å². The molecule has 3 rings (SSSR count). The molecule has 2 atom stereocenters. The van der Waals surface area contributed by atoms with Gasteiger partial charge in [-0.25, -0.2) is 4.79 Å². The van der Waals surface area contributed by atoms with E-state index in [0.717, 1.165) is 28.0 Å². The first kappa shape index (κ1) is 32.1. The first-order valence-electron chi connectivity index (χ1n) is 14.2. The van der Waals surface area contributed by atoms with E-state index in [-0.39, 0.29) is 12.5 Å². The Balaban J connectivity index is 1.57. The zero-order valence-electron chi connectivity index (χ0n) is 24.8. The number of nitrogens with one attached hydrogen (secondary N) is 3. The number of hydrogen-bond acceptors (Lipinski definition) is 6. The van der Waals surface area contributed by atoms with Crippen molar-refractivity contribution in [1.82, 2.24) is 16.0 Å². The van der Waals surface area contributed by atoms with E-state index in [1.807, 2.05) is 107 Å². The third-order valence-electron chi connectivity index (χ3n) is 6.27. The van der Waals surface area contributed by atoms with Gasteiger partial charge in [-0.3, -0.25) is 9.59 Å². The lowest BCUT2D eigenvalue weighted by molar-refractivity contribution is -0.129. The van der Waals surface area contributed by atoms with Crippen molar-refractivity contribution >= 4 is 17.9 Å². The Labute approximate surface area is 248 Å². The van der Waals surface area contributed by atoms with Crippen LogP contribution in [-0.4, -0.2) is 42.2 Å². The summed E-state index contributed by atoms with van der Waals surface area (Å²) in [6, 6.07) is 22.8.